The van der Waals surface area contributed by atoms with Gasteiger partial charge in [0, 0.05) is 30.6 Å². The largest absolute Gasteiger partial charge is 0.614 e. The Kier molecular flexibility index (Phi) is 11.1. The average Bonchev–Trinajstić information content (AvgIpc) is 3.70. The second kappa shape index (κ2) is 16.5. The van der Waals surface area contributed by atoms with Crippen LogP contribution >= 0.6 is 11.3 Å². The summed E-state index contributed by atoms with van der Waals surface area (Å²) in [7, 11) is 0. The number of thiazole rings is 1. The summed E-state index contributed by atoms with van der Waals surface area (Å²) in [6.07, 6.45) is 0.762. The lowest BCUT2D eigenvalue weighted by Gasteiger charge is -2.49. The van der Waals surface area contributed by atoms with Crippen LogP contribution in [0.15, 0.2) is 137 Å². The first kappa shape index (κ1) is 38.9. The van der Waals surface area contributed by atoms with Crippen LogP contribution in [-0.4, -0.2) is 84.8 Å². The minimum Gasteiger partial charge on any atom is -0.614 e. The molecule has 8 rings (SSSR count). The number of oxime groups is 1. The van der Waals surface area contributed by atoms with Crippen molar-refractivity contribution in [3.63, 3.8) is 0 Å². The van der Waals surface area contributed by atoms with Crippen LogP contribution < -0.4 is 10.6 Å². The third-order valence-corrected chi connectivity index (χ3v) is 12.8. The van der Waals surface area contributed by atoms with Crippen LogP contribution in [0.4, 0.5) is 13.9 Å². The zero-order valence-corrected chi connectivity index (χ0v) is 32.3. The van der Waals surface area contributed by atoms with Crippen molar-refractivity contribution in [2.24, 2.45) is 5.16 Å². The number of carboxylic acids is 1. The molecule has 2 amide bonds. The second-order valence-electron chi connectivity index (χ2n) is 13.9. The predicted molar refractivity (Wildman–Crippen MR) is 214 cm³/mol. The molecule has 296 valence electrons. The van der Waals surface area contributed by atoms with Crippen LogP contribution in [0.25, 0.3) is 0 Å². The van der Waals surface area contributed by atoms with Gasteiger partial charge in [-0.25, -0.2) is 9.78 Å². The van der Waals surface area contributed by atoms with Gasteiger partial charge in [0.1, 0.15) is 22.7 Å². The summed E-state index contributed by atoms with van der Waals surface area (Å²) >= 11 is -0.728. The highest BCUT2D eigenvalue weighted by molar-refractivity contribution is 7.92. The number of fused-ring (bicyclic) bond motifs is 2. The Labute approximate surface area is 339 Å². The van der Waals surface area contributed by atoms with Crippen molar-refractivity contribution < 1.29 is 37.7 Å². The van der Waals surface area contributed by atoms with E-state index < -0.39 is 58.2 Å². The van der Waals surface area contributed by atoms with Gasteiger partial charge in [0.2, 0.25) is 5.37 Å². The summed E-state index contributed by atoms with van der Waals surface area (Å²) in [6.45, 7) is -1.98. The van der Waals surface area contributed by atoms with E-state index in [-0.39, 0.29) is 23.7 Å². The van der Waals surface area contributed by atoms with E-state index >= 15 is 0 Å². The maximum atomic E-state index is 13.9. The standard InChI is InChI=1S/C42H36F2N6O6S2/c43-40(44)56-48-33(32-24-57-41(45-32)47-42(29-14-4-1-5-15-29,30-16-6-2-7-17-30)31-18-8-3-9-19-31)36(51)46-34-37(52)50-35(39(53)54)28(25-58(55)38(34)50)23-49-21-20-26-12-10-11-13-27(26)22-49/h1-19,24,34,38,40H,20-23,25H2,(H,45,47)(H,46,51)(H,53,54)/t34?,38-,58?/m0/s1. The Balaban J connectivity index is 1.06. The molecule has 0 spiro atoms. The van der Waals surface area contributed by atoms with Crippen LogP contribution in [0.2, 0.25) is 0 Å². The summed E-state index contributed by atoms with van der Waals surface area (Å²) in [6, 6.07) is 35.5. The van der Waals surface area contributed by atoms with Gasteiger partial charge in [-0.15, -0.1) is 11.3 Å². The van der Waals surface area contributed by atoms with E-state index in [0.29, 0.717) is 23.8 Å². The zero-order valence-electron chi connectivity index (χ0n) is 30.7. The fourth-order valence-corrected chi connectivity index (χ4v) is 10.2. The monoisotopic (exact) mass is 822 g/mol. The first-order chi connectivity index (χ1) is 28.1. The average molecular weight is 823 g/mol. The highest BCUT2D eigenvalue weighted by atomic mass is 32.2. The minimum atomic E-state index is -3.39. The van der Waals surface area contributed by atoms with Gasteiger partial charge in [-0.3, -0.25) is 19.4 Å². The number of anilines is 1. The summed E-state index contributed by atoms with van der Waals surface area (Å²) < 4.78 is 40.5. The number of alkyl halides is 2. The van der Waals surface area contributed by atoms with Crippen molar-refractivity contribution in [3.8, 4) is 0 Å². The lowest BCUT2D eigenvalue weighted by Crippen LogP contribution is -2.75. The van der Waals surface area contributed by atoms with Crippen molar-refractivity contribution in [1.82, 2.24) is 20.1 Å². The molecule has 3 atom stereocenters. The van der Waals surface area contributed by atoms with Crippen molar-refractivity contribution >= 4 is 51.1 Å². The van der Waals surface area contributed by atoms with Crippen molar-refractivity contribution in [2.45, 2.75) is 36.5 Å². The van der Waals surface area contributed by atoms with E-state index in [2.05, 4.69) is 31.7 Å². The Hall–Kier alpha value is -5.94. The molecule has 12 nitrogen and oxygen atoms in total. The number of halogens is 2. The molecule has 4 heterocycles. The van der Waals surface area contributed by atoms with Crippen LogP contribution in [0, 0.1) is 0 Å². The number of carboxylic acid groups (broad SMARTS) is 1. The fourth-order valence-electron chi connectivity index (χ4n) is 7.82. The normalized spacial score (nSPS) is 19.6. The fraction of sp³-hybridized carbons (Fsp3) is 0.214. The summed E-state index contributed by atoms with van der Waals surface area (Å²) in [4.78, 5) is 51.9. The van der Waals surface area contributed by atoms with Crippen LogP contribution in [0.1, 0.15) is 33.5 Å². The van der Waals surface area contributed by atoms with Gasteiger partial charge in [0.25, 0.3) is 11.8 Å². The second-order valence-corrected chi connectivity index (χ2v) is 16.3. The number of hydrogen-bond acceptors (Lipinski definition) is 10. The number of nitrogens with one attached hydrogen (secondary N) is 2. The Morgan fingerprint density at radius 1 is 0.948 bits per heavy atom. The number of rotatable bonds is 13. The van der Waals surface area contributed by atoms with E-state index in [1.165, 1.54) is 10.9 Å². The summed E-state index contributed by atoms with van der Waals surface area (Å²) in [5.41, 5.74) is 3.18. The van der Waals surface area contributed by atoms with Crippen molar-refractivity contribution in [3.05, 3.63) is 165 Å². The minimum absolute atomic E-state index is 0.136. The molecule has 0 aliphatic carbocycles. The van der Waals surface area contributed by atoms with Gasteiger partial charge < -0.3 is 25.1 Å². The number of nitrogens with zero attached hydrogens (tertiary/aromatic N) is 4. The van der Waals surface area contributed by atoms with E-state index in [0.717, 1.165) is 44.9 Å². The molecule has 16 heteroatoms. The number of β-lactam (4-membered cyclic amide) rings is 1. The molecule has 4 aromatic carbocycles. The summed E-state index contributed by atoms with van der Waals surface area (Å²) in [5.74, 6) is -3.41. The number of carbonyl (C=O) groups excluding carboxylic acids is 2. The molecule has 1 aromatic heterocycles. The highest BCUT2D eigenvalue weighted by Crippen LogP contribution is 2.41. The first-order valence-corrected chi connectivity index (χ1v) is 20.6. The number of aliphatic carboxylic acids is 1. The SMILES string of the molecule is O=C(O)C1=C(CN2CCc3ccccc3C2)C[S+]([O-])[C@H]2C(NC(=O)C(=NOC(F)F)c3csc(NC(c4ccccc4)(c4ccccc4)c4ccccc4)n3)C(=O)N12. The van der Waals surface area contributed by atoms with Gasteiger partial charge in [-0.2, -0.15) is 8.78 Å². The Morgan fingerprint density at radius 3 is 2.12 bits per heavy atom. The lowest BCUT2D eigenvalue weighted by atomic mass is 9.77. The van der Waals surface area contributed by atoms with E-state index in [4.69, 9.17) is 0 Å². The predicted octanol–water partition coefficient (Wildman–Crippen LogP) is 5.30. The lowest BCUT2D eigenvalue weighted by molar-refractivity contribution is -0.150. The Morgan fingerprint density at radius 2 is 1.53 bits per heavy atom. The molecule has 2 unspecified atom stereocenters. The Bertz CT molecular complexity index is 2290. The van der Waals surface area contributed by atoms with E-state index in [1.54, 1.807) is 0 Å². The molecule has 0 radical (unpaired) electrons. The van der Waals surface area contributed by atoms with E-state index in [9.17, 15) is 32.8 Å². The zero-order chi connectivity index (χ0) is 40.4. The third kappa shape index (κ3) is 7.46. The van der Waals surface area contributed by atoms with Crippen LogP contribution in [-0.2, 0) is 48.9 Å². The smallest absolute Gasteiger partial charge is 0.407 e. The van der Waals surface area contributed by atoms with Crippen molar-refractivity contribution in [2.75, 3.05) is 24.2 Å². The molecule has 1 saturated heterocycles. The maximum absolute atomic E-state index is 13.9. The third-order valence-electron chi connectivity index (χ3n) is 10.4. The van der Waals surface area contributed by atoms with Gasteiger partial charge in [-0.05, 0) is 45.4 Å². The molecule has 3 N–H and O–H groups in total. The van der Waals surface area contributed by atoms with Crippen LogP contribution in [0.5, 0.6) is 0 Å². The number of hydrogen-bond donors (Lipinski definition) is 3. The van der Waals surface area contributed by atoms with Gasteiger partial charge in [-0.1, -0.05) is 120 Å². The molecule has 3 aliphatic heterocycles. The number of aromatic nitrogens is 1. The first-order valence-electron chi connectivity index (χ1n) is 18.3. The molecule has 5 aromatic rings. The number of benzene rings is 4. The quantitative estimate of drug-likeness (QED) is 0.0471. The van der Waals surface area contributed by atoms with Crippen molar-refractivity contribution in [1.29, 1.82) is 0 Å². The molecule has 0 saturated carbocycles. The molecular weight excluding hydrogens is 787 g/mol. The summed E-state index contributed by atoms with van der Waals surface area (Å²) in [5, 5.41) is 20.2. The number of carbonyl (C=O) groups is 3. The maximum Gasteiger partial charge on any atom is 0.407 e. The molecule has 3 aliphatic rings. The van der Waals surface area contributed by atoms with Crippen LogP contribution in [0.3, 0.4) is 0 Å². The highest BCUT2D eigenvalue weighted by Gasteiger charge is 2.61. The molecule has 58 heavy (non-hydrogen) atoms. The molecular formula is C42H36F2N6O6S2. The van der Waals surface area contributed by atoms with Gasteiger partial charge in [0.05, 0.1) is 0 Å². The van der Waals surface area contributed by atoms with Gasteiger partial charge >= 0.3 is 12.6 Å². The van der Waals surface area contributed by atoms with E-state index in [1.807, 2.05) is 114 Å². The van der Waals surface area contributed by atoms with Gasteiger partial charge in [0.15, 0.2) is 16.9 Å². The number of amides is 2. The topological polar surface area (TPSA) is 160 Å². The molecule has 1 fully saturated rings. The molecule has 0 bridgehead atoms.